The molecule has 84 valence electrons. The second-order valence-corrected chi connectivity index (χ2v) is 2.93. The minimum Gasteiger partial charge on any atom is -0.481 e. The summed E-state index contributed by atoms with van der Waals surface area (Å²) in [6, 6.07) is 2.09. The molecular formula is C9H6F2N2O3. The lowest BCUT2D eigenvalue weighted by atomic mass is 10.1. The van der Waals surface area contributed by atoms with Crippen molar-refractivity contribution in [3.8, 4) is 6.07 Å². The smallest absolute Gasteiger partial charge is 0.308 e. The van der Waals surface area contributed by atoms with Crippen LogP contribution in [0.4, 0.5) is 8.78 Å². The second-order valence-electron chi connectivity index (χ2n) is 2.93. The first-order valence-corrected chi connectivity index (χ1v) is 4.12. The minimum absolute atomic E-state index is 0.320. The zero-order valence-corrected chi connectivity index (χ0v) is 7.83. The van der Waals surface area contributed by atoms with Gasteiger partial charge < -0.3 is 10.1 Å². The molecule has 0 unspecified atom stereocenters. The predicted molar refractivity (Wildman–Crippen MR) is 48.1 cm³/mol. The fourth-order valence-electron chi connectivity index (χ4n) is 1.15. The number of rotatable bonds is 3. The standard InChI is InChI=1S/C9H6F2N2O3/c10-9(11)5-2-7(14)4(1-8(15)16)6(3-12)13-5/h2,9H,1H2,(H,13,14)(H,15,16). The largest absolute Gasteiger partial charge is 0.481 e. The topological polar surface area (TPSA) is 94.0 Å². The van der Waals surface area contributed by atoms with Gasteiger partial charge in [-0.25, -0.2) is 8.78 Å². The predicted octanol–water partition coefficient (Wildman–Crippen LogP) is 0.811. The molecule has 0 radical (unpaired) electrons. The van der Waals surface area contributed by atoms with Gasteiger partial charge in [-0.2, -0.15) is 5.26 Å². The molecule has 7 heteroatoms. The fourth-order valence-corrected chi connectivity index (χ4v) is 1.15. The molecule has 1 aromatic heterocycles. The van der Waals surface area contributed by atoms with Gasteiger partial charge in [-0.05, 0) is 0 Å². The molecule has 1 heterocycles. The van der Waals surface area contributed by atoms with Crippen molar-refractivity contribution in [3.05, 3.63) is 33.2 Å². The molecule has 0 amide bonds. The van der Waals surface area contributed by atoms with Crippen molar-refractivity contribution in [2.24, 2.45) is 0 Å². The summed E-state index contributed by atoms with van der Waals surface area (Å²) in [7, 11) is 0. The fraction of sp³-hybridized carbons (Fsp3) is 0.222. The Morgan fingerprint density at radius 3 is 2.69 bits per heavy atom. The van der Waals surface area contributed by atoms with Gasteiger partial charge in [-0.15, -0.1) is 0 Å². The Morgan fingerprint density at radius 2 is 2.25 bits per heavy atom. The summed E-state index contributed by atoms with van der Waals surface area (Å²) >= 11 is 0. The summed E-state index contributed by atoms with van der Waals surface area (Å²) in [5, 5.41) is 17.1. The SMILES string of the molecule is N#Cc1[nH]c(C(F)F)cc(=O)c1CC(=O)O. The maximum absolute atomic E-state index is 12.3. The van der Waals surface area contributed by atoms with Crippen LogP contribution >= 0.6 is 0 Å². The Kier molecular flexibility index (Phi) is 3.35. The van der Waals surface area contributed by atoms with Crippen molar-refractivity contribution >= 4 is 5.97 Å². The van der Waals surface area contributed by atoms with E-state index in [2.05, 4.69) is 0 Å². The van der Waals surface area contributed by atoms with Crippen LogP contribution in [0, 0.1) is 11.3 Å². The van der Waals surface area contributed by atoms with E-state index in [9.17, 15) is 18.4 Å². The summed E-state index contributed by atoms with van der Waals surface area (Å²) in [6.07, 6.45) is -3.60. The lowest BCUT2D eigenvalue weighted by Crippen LogP contribution is -2.18. The summed E-state index contributed by atoms with van der Waals surface area (Å²) in [6.45, 7) is 0. The summed E-state index contributed by atoms with van der Waals surface area (Å²) in [4.78, 5) is 23.7. The number of hydrogen-bond donors (Lipinski definition) is 2. The molecule has 0 aliphatic carbocycles. The highest BCUT2D eigenvalue weighted by Gasteiger charge is 2.16. The van der Waals surface area contributed by atoms with Gasteiger partial charge in [0.1, 0.15) is 11.8 Å². The van der Waals surface area contributed by atoms with Crippen molar-refractivity contribution in [1.82, 2.24) is 4.98 Å². The maximum Gasteiger partial charge on any atom is 0.308 e. The zero-order chi connectivity index (χ0) is 12.3. The number of nitrogens with one attached hydrogen (secondary N) is 1. The number of pyridine rings is 1. The zero-order valence-electron chi connectivity index (χ0n) is 7.83. The van der Waals surface area contributed by atoms with Gasteiger partial charge in [0.15, 0.2) is 5.43 Å². The van der Waals surface area contributed by atoms with E-state index in [1.807, 2.05) is 4.98 Å². The molecule has 0 saturated carbocycles. The molecule has 0 bridgehead atoms. The molecular weight excluding hydrogens is 222 g/mol. The number of nitrogens with zero attached hydrogens (tertiary/aromatic N) is 1. The van der Waals surface area contributed by atoms with Gasteiger partial charge >= 0.3 is 5.97 Å². The van der Waals surface area contributed by atoms with Crippen molar-refractivity contribution in [3.63, 3.8) is 0 Å². The van der Waals surface area contributed by atoms with Gasteiger partial charge in [0, 0.05) is 11.6 Å². The Balaban J connectivity index is 3.36. The highest BCUT2D eigenvalue weighted by atomic mass is 19.3. The van der Waals surface area contributed by atoms with E-state index in [0.717, 1.165) is 0 Å². The Morgan fingerprint density at radius 1 is 1.62 bits per heavy atom. The molecule has 1 aromatic rings. The van der Waals surface area contributed by atoms with Crippen LogP contribution < -0.4 is 5.43 Å². The molecule has 0 atom stereocenters. The third-order valence-corrected chi connectivity index (χ3v) is 1.83. The van der Waals surface area contributed by atoms with Gasteiger partial charge in [-0.1, -0.05) is 0 Å². The molecule has 0 aliphatic heterocycles. The molecule has 0 aromatic carbocycles. The van der Waals surface area contributed by atoms with Crippen LogP contribution in [0.5, 0.6) is 0 Å². The van der Waals surface area contributed by atoms with Crippen molar-refractivity contribution in [1.29, 1.82) is 5.26 Å². The summed E-state index contributed by atoms with van der Waals surface area (Å²) in [5.41, 5.74) is -2.34. The summed E-state index contributed by atoms with van der Waals surface area (Å²) in [5.74, 6) is -1.31. The number of carbonyl (C=O) groups is 1. The number of carboxylic acids is 1. The average molecular weight is 228 g/mol. The minimum atomic E-state index is -2.92. The van der Waals surface area contributed by atoms with Crippen LogP contribution in [0.25, 0.3) is 0 Å². The molecule has 0 saturated heterocycles. The number of halogens is 2. The van der Waals surface area contributed by atoms with Crippen LogP contribution in [0.1, 0.15) is 23.4 Å². The number of aromatic nitrogens is 1. The van der Waals surface area contributed by atoms with Crippen LogP contribution in [-0.2, 0) is 11.2 Å². The van der Waals surface area contributed by atoms with Gasteiger partial charge in [0.2, 0.25) is 0 Å². The third-order valence-electron chi connectivity index (χ3n) is 1.83. The highest BCUT2D eigenvalue weighted by molar-refractivity contribution is 5.71. The second kappa shape index (κ2) is 4.53. The first-order chi connectivity index (χ1) is 7.45. The number of carboxylic acid groups (broad SMARTS) is 1. The monoisotopic (exact) mass is 228 g/mol. The van der Waals surface area contributed by atoms with Gasteiger partial charge in [-0.3, -0.25) is 9.59 Å². The quantitative estimate of drug-likeness (QED) is 0.800. The first kappa shape index (κ1) is 11.8. The normalized spacial score (nSPS) is 10.1. The Hall–Kier alpha value is -2.23. The van der Waals surface area contributed by atoms with E-state index in [1.165, 1.54) is 6.07 Å². The van der Waals surface area contributed by atoms with Gasteiger partial charge in [0.25, 0.3) is 6.43 Å². The van der Waals surface area contributed by atoms with E-state index in [4.69, 9.17) is 10.4 Å². The van der Waals surface area contributed by atoms with E-state index >= 15 is 0 Å². The van der Waals surface area contributed by atoms with Crippen molar-refractivity contribution in [2.45, 2.75) is 12.8 Å². The molecule has 0 spiro atoms. The number of nitriles is 1. The number of aliphatic carboxylic acids is 1. The number of H-pyrrole nitrogens is 1. The first-order valence-electron chi connectivity index (χ1n) is 4.12. The van der Waals surface area contributed by atoms with E-state index in [-0.39, 0.29) is 5.56 Å². The highest BCUT2D eigenvalue weighted by Crippen LogP contribution is 2.15. The molecule has 0 fully saturated rings. The molecule has 0 aliphatic rings. The van der Waals surface area contributed by atoms with Crippen molar-refractivity contribution in [2.75, 3.05) is 0 Å². The van der Waals surface area contributed by atoms with E-state index in [1.54, 1.807) is 0 Å². The Bertz CT molecular complexity index is 516. The third kappa shape index (κ3) is 2.42. The van der Waals surface area contributed by atoms with Crippen LogP contribution in [0.15, 0.2) is 10.9 Å². The number of hydrogen-bond acceptors (Lipinski definition) is 3. The molecule has 2 N–H and O–H groups in total. The van der Waals surface area contributed by atoms with E-state index < -0.39 is 35.6 Å². The van der Waals surface area contributed by atoms with E-state index in [0.29, 0.717) is 6.07 Å². The average Bonchev–Trinajstić information content (AvgIpc) is 2.19. The number of alkyl halides is 2. The van der Waals surface area contributed by atoms with Crippen LogP contribution in [0.3, 0.4) is 0 Å². The van der Waals surface area contributed by atoms with Gasteiger partial charge in [0.05, 0.1) is 12.1 Å². The molecule has 5 nitrogen and oxygen atoms in total. The van der Waals surface area contributed by atoms with Crippen LogP contribution in [0.2, 0.25) is 0 Å². The number of aromatic amines is 1. The Labute approximate surface area is 88.0 Å². The molecule has 1 rings (SSSR count). The molecule has 16 heavy (non-hydrogen) atoms. The van der Waals surface area contributed by atoms with Crippen LogP contribution in [-0.4, -0.2) is 16.1 Å². The lowest BCUT2D eigenvalue weighted by Gasteiger charge is -2.04. The summed E-state index contributed by atoms with van der Waals surface area (Å²) < 4.78 is 24.5. The lowest BCUT2D eigenvalue weighted by molar-refractivity contribution is -0.136. The maximum atomic E-state index is 12.3. The van der Waals surface area contributed by atoms with Crippen molar-refractivity contribution < 1.29 is 18.7 Å².